The quantitative estimate of drug-likeness (QED) is 0.296. The van der Waals surface area contributed by atoms with Crippen molar-refractivity contribution in [1.82, 2.24) is 15.5 Å². The van der Waals surface area contributed by atoms with Gasteiger partial charge in [-0.15, -0.1) is 0 Å². The van der Waals surface area contributed by atoms with Gasteiger partial charge >= 0.3 is 0 Å². The zero-order valence-corrected chi connectivity index (χ0v) is 17.8. The monoisotopic (exact) mass is 445 g/mol. The molecule has 3 N–H and O–H groups in total. The summed E-state index contributed by atoms with van der Waals surface area (Å²) >= 11 is 0. The lowest BCUT2D eigenvalue weighted by Gasteiger charge is -2.12. The van der Waals surface area contributed by atoms with E-state index in [-0.39, 0.29) is 17.3 Å². The predicted octanol–water partition coefficient (Wildman–Crippen LogP) is 5.06. The molecule has 0 fully saturated rings. The molecule has 0 bridgehead atoms. The van der Waals surface area contributed by atoms with Crippen LogP contribution in [0.5, 0.6) is 0 Å². The third kappa shape index (κ3) is 5.68. The first-order chi connectivity index (χ1) is 16.0. The van der Waals surface area contributed by atoms with Crippen LogP contribution >= 0.6 is 0 Å². The average molecular weight is 445 g/mol. The summed E-state index contributed by atoms with van der Waals surface area (Å²) in [6.07, 6.45) is 0. The summed E-state index contributed by atoms with van der Waals surface area (Å²) in [5.74, 6) is -0.818. The molecule has 1 heterocycles. The molecule has 0 aliphatic rings. The van der Waals surface area contributed by atoms with Crippen molar-refractivity contribution in [2.24, 2.45) is 4.99 Å². The molecule has 1 amide bonds. The van der Waals surface area contributed by atoms with Gasteiger partial charge in [0.2, 0.25) is 5.96 Å². The first kappa shape index (κ1) is 21.9. The number of hydrogen-bond acceptors (Lipinski definition) is 2. The van der Waals surface area contributed by atoms with Crippen molar-refractivity contribution in [3.05, 3.63) is 107 Å². The molecule has 0 unspecified atom stereocenters. The van der Waals surface area contributed by atoms with Gasteiger partial charge in [-0.2, -0.15) is 10.1 Å². The van der Waals surface area contributed by atoms with Gasteiger partial charge in [0, 0.05) is 23.7 Å². The Bertz CT molecular complexity index is 1300. The summed E-state index contributed by atoms with van der Waals surface area (Å²) in [5.41, 5.74) is 3.56. The number of aromatic amines is 1. The number of carbonyl (C=O) groups is 1. The molecule has 0 aliphatic heterocycles. The lowest BCUT2D eigenvalue weighted by molar-refractivity contribution is 0.100. The topological polar surface area (TPSA) is 82.2 Å². The van der Waals surface area contributed by atoms with Crippen molar-refractivity contribution in [3.63, 3.8) is 0 Å². The maximum absolute atomic E-state index is 13.5. The van der Waals surface area contributed by atoms with Crippen LogP contribution in [0.4, 0.5) is 14.6 Å². The fourth-order valence-electron chi connectivity index (χ4n) is 3.17. The zero-order chi connectivity index (χ0) is 23.2. The van der Waals surface area contributed by atoms with Gasteiger partial charge in [-0.25, -0.2) is 8.78 Å². The minimum atomic E-state index is -0.604. The van der Waals surface area contributed by atoms with Gasteiger partial charge in [0.1, 0.15) is 17.5 Å². The van der Waals surface area contributed by atoms with Gasteiger partial charge in [-0.3, -0.25) is 9.89 Å². The molecule has 0 radical (unpaired) electrons. The summed E-state index contributed by atoms with van der Waals surface area (Å²) < 4.78 is 26.7. The van der Waals surface area contributed by atoms with Crippen LogP contribution in [0.25, 0.3) is 11.3 Å². The number of benzene rings is 3. The van der Waals surface area contributed by atoms with Crippen molar-refractivity contribution in [1.29, 1.82) is 0 Å². The van der Waals surface area contributed by atoms with Crippen molar-refractivity contribution < 1.29 is 13.6 Å². The Morgan fingerprint density at radius 3 is 2.52 bits per heavy atom. The first-order valence-corrected chi connectivity index (χ1v) is 10.2. The van der Waals surface area contributed by atoms with Crippen LogP contribution in [0.3, 0.4) is 0 Å². The number of carbonyl (C=O) groups excluding carboxylic acids is 1. The Labute approximate surface area is 189 Å². The number of aliphatic imine (C=N–C) groups is 1. The normalized spacial score (nSPS) is 11.3. The van der Waals surface area contributed by atoms with E-state index in [2.05, 4.69) is 25.8 Å². The van der Waals surface area contributed by atoms with E-state index in [0.717, 1.165) is 22.8 Å². The Hall–Kier alpha value is -4.33. The smallest absolute Gasteiger partial charge is 0.280 e. The van der Waals surface area contributed by atoms with Crippen LogP contribution in [0.1, 0.15) is 21.5 Å². The van der Waals surface area contributed by atoms with Gasteiger partial charge in [-0.1, -0.05) is 30.3 Å². The lowest BCUT2D eigenvalue weighted by atomic mass is 10.1. The number of guanidine groups is 1. The number of anilines is 1. The molecule has 0 saturated heterocycles. The average Bonchev–Trinajstić information content (AvgIpc) is 3.27. The number of hydrogen-bond donors (Lipinski definition) is 3. The van der Waals surface area contributed by atoms with Crippen LogP contribution in [0.15, 0.2) is 83.9 Å². The fourth-order valence-corrected chi connectivity index (χ4v) is 3.17. The molecule has 33 heavy (non-hydrogen) atoms. The van der Waals surface area contributed by atoms with E-state index < -0.39 is 11.7 Å². The molecule has 8 heteroatoms. The van der Waals surface area contributed by atoms with E-state index in [1.807, 2.05) is 31.2 Å². The molecule has 0 spiro atoms. The molecule has 0 aliphatic carbocycles. The predicted molar refractivity (Wildman–Crippen MR) is 124 cm³/mol. The number of rotatable bonds is 5. The van der Waals surface area contributed by atoms with Gasteiger partial charge in [-0.05, 0) is 60.5 Å². The van der Waals surface area contributed by atoms with Gasteiger partial charge in [0.05, 0.1) is 5.69 Å². The van der Waals surface area contributed by atoms with E-state index in [1.165, 1.54) is 30.3 Å². The molecule has 166 valence electrons. The third-order valence-electron chi connectivity index (χ3n) is 4.96. The van der Waals surface area contributed by atoms with Gasteiger partial charge in [0.25, 0.3) is 5.91 Å². The maximum Gasteiger partial charge on any atom is 0.280 e. The number of amides is 1. The molecule has 0 atom stereocenters. The summed E-state index contributed by atoms with van der Waals surface area (Å²) in [7, 11) is 0. The van der Waals surface area contributed by atoms with Crippen LogP contribution in [-0.2, 0) is 6.54 Å². The Morgan fingerprint density at radius 2 is 1.76 bits per heavy atom. The maximum atomic E-state index is 13.5. The highest BCUT2D eigenvalue weighted by atomic mass is 19.1. The number of aromatic nitrogens is 2. The molecule has 1 aromatic heterocycles. The summed E-state index contributed by atoms with van der Waals surface area (Å²) in [4.78, 5) is 16.8. The van der Waals surface area contributed by atoms with E-state index in [4.69, 9.17) is 0 Å². The van der Waals surface area contributed by atoms with Crippen LogP contribution in [0.2, 0.25) is 0 Å². The van der Waals surface area contributed by atoms with Crippen molar-refractivity contribution >= 4 is 17.7 Å². The number of nitrogens with one attached hydrogen (secondary N) is 3. The second-order valence-corrected chi connectivity index (χ2v) is 7.35. The van der Waals surface area contributed by atoms with Crippen molar-refractivity contribution in [2.45, 2.75) is 13.5 Å². The largest absolute Gasteiger partial charge is 0.352 e. The Morgan fingerprint density at radius 1 is 0.970 bits per heavy atom. The van der Waals surface area contributed by atoms with Crippen LogP contribution < -0.4 is 10.6 Å². The highest BCUT2D eigenvalue weighted by Crippen LogP contribution is 2.20. The SMILES string of the molecule is Cc1ccccc1CN/C(=N/C(=O)c1cccc(F)c1)Nc1cc(-c2ccc(F)cc2)n[nH]1. The van der Waals surface area contributed by atoms with Crippen LogP contribution in [-0.4, -0.2) is 22.1 Å². The van der Waals surface area contributed by atoms with E-state index in [1.54, 1.807) is 18.2 Å². The molecule has 4 aromatic rings. The number of nitrogens with zero attached hydrogens (tertiary/aromatic N) is 2. The summed E-state index contributed by atoms with van der Waals surface area (Å²) in [6.45, 7) is 2.40. The molecule has 0 saturated carbocycles. The highest BCUT2D eigenvalue weighted by molar-refractivity contribution is 6.06. The number of H-pyrrole nitrogens is 1. The Balaban J connectivity index is 1.57. The summed E-state index contributed by atoms with van der Waals surface area (Å²) in [5, 5.41) is 13.2. The lowest BCUT2D eigenvalue weighted by Crippen LogP contribution is -2.31. The van der Waals surface area contributed by atoms with Gasteiger partial charge < -0.3 is 10.6 Å². The van der Waals surface area contributed by atoms with Crippen LogP contribution in [0, 0.1) is 18.6 Å². The molecular formula is C25H21F2N5O. The highest BCUT2D eigenvalue weighted by Gasteiger charge is 2.11. The molecular weight excluding hydrogens is 424 g/mol. The van der Waals surface area contributed by atoms with Gasteiger partial charge in [0.15, 0.2) is 0 Å². The minimum Gasteiger partial charge on any atom is -0.352 e. The minimum absolute atomic E-state index is 0.128. The second-order valence-electron chi connectivity index (χ2n) is 7.35. The number of aryl methyl sites for hydroxylation is 1. The third-order valence-corrected chi connectivity index (χ3v) is 4.96. The van der Waals surface area contributed by atoms with Crippen molar-refractivity contribution in [3.8, 4) is 11.3 Å². The fraction of sp³-hybridized carbons (Fsp3) is 0.0800. The Kier molecular flexibility index (Phi) is 6.54. The number of halogens is 2. The molecule has 4 rings (SSSR count). The second kappa shape index (κ2) is 9.86. The van der Waals surface area contributed by atoms with Crippen molar-refractivity contribution in [2.75, 3.05) is 5.32 Å². The van der Waals surface area contributed by atoms with E-state index in [9.17, 15) is 13.6 Å². The molecule has 6 nitrogen and oxygen atoms in total. The summed E-state index contributed by atoms with van der Waals surface area (Å²) in [6, 6.07) is 20.8. The van der Waals surface area contributed by atoms with E-state index >= 15 is 0 Å². The molecule has 3 aromatic carbocycles. The zero-order valence-electron chi connectivity index (χ0n) is 17.8. The van der Waals surface area contributed by atoms with E-state index in [0.29, 0.717) is 18.1 Å². The standard InChI is InChI=1S/C25H21F2N5O/c1-16-5-2-3-6-19(16)15-28-25(30-24(33)18-7-4-8-21(27)13-18)29-23-14-22(31-32-23)17-9-11-20(26)12-10-17/h2-14H,15H2,1H3,(H3,28,29,30,31,32,33). The first-order valence-electron chi connectivity index (χ1n) is 10.2.